The van der Waals surface area contributed by atoms with Gasteiger partial charge in [-0.15, -0.1) is 0 Å². The van der Waals surface area contributed by atoms with Gasteiger partial charge in [-0.2, -0.15) is 0 Å². The van der Waals surface area contributed by atoms with Gasteiger partial charge in [0.1, 0.15) is 0 Å². The van der Waals surface area contributed by atoms with Gasteiger partial charge in [-0.1, -0.05) is 0 Å². The Morgan fingerprint density at radius 3 is 3.14 bits per heavy atom. The Hall–Kier alpha value is -0.870. The molecule has 3 nitrogen and oxygen atoms in total. The fourth-order valence-corrected chi connectivity index (χ4v) is 1.80. The van der Waals surface area contributed by atoms with Crippen molar-refractivity contribution in [2.24, 2.45) is 0 Å². The van der Waals surface area contributed by atoms with Crippen LogP contribution in [0.2, 0.25) is 0 Å². The summed E-state index contributed by atoms with van der Waals surface area (Å²) < 4.78 is 2.95. The molecule has 0 aromatic carbocycles. The molecule has 1 unspecified atom stereocenters. The van der Waals surface area contributed by atoms with Crippen LogP contribution in [0, 0.1) is 0 Å². The summed E-state index contributed by atoms with van der Waals surface area (Å²) in [6, 6.07) is 3.95. The van der Waals surface area contributed by atoms with Crippen molar-refractivity contribution in [3.05, 3.63) is 29.0 Å². The molecule has 2 aromatic rings. The fourth-order valence-electron chi connectivity index (χ4n) is 1.48. The summed E-state index contributed by atoms with van der Waals surface area (Å²) in [5.41, 5.74) is 1.99. The fraction of sp³-hybridized carbons (Fsp3) is 0.300. The molecular formula is C10H11BrN2O. The van der Waals surface area contributed by atoms with Crippen molar-refractivity contribution in [2.75, 3.05) is 0 Å². The van der Waals surface area contributed by atoms with E-state index in [1.54, 1.807) is 13.1 Å². The third-order valence-corrected chi connectivity index (χ3v) is 2.48. The number of aliphatic hydroxyl groups excluding tert-OH is 1. The first kappa shape index (κ1) is 9.68. The van der Waals surface area contributed by atoms with Crippen LogP contribution in [-0.2, 0) is 6.54 Å². The third-order valence-electron chi connectivity index (χ3n) is 2.05. The van der Waals surface area contributed by atoms with Crippen LogP contribution in [-0.4, -0.2) is 20.8 Å². The van der Waals surface area contributed by atoms with E-state index < -0.39 is 0 Å². The molecule has 4 heteroatoms. The molecule has 74 valence electrons. The van der Waals surface area contributed by atoms with Gasteiger partial charge in [-0.25, -0.2) is 0 Å². The summed E-state index contributed by atoms with van der Waals surface area (Å²) in [6.07, 6.45) is 3.37. The van der Waals surface area contributed by atoms with Gasteiger partial charge >= 0.3 is 0 Å². The molecule has 2 rings (SSSR count). The average molecular weight is 255 g/mol. The van der Waals surface area contributed by atoms with Gasteiger partial charge < -0.3 is 9.67 Å². The van der Waals surface area contributed by atoms with Gasteiger partial charge in [0.05, 0.1) is 17.1 Å². The van der Waals surface area contributed by atoms with Crippen molar-refractivity contribution in [3.63, 3.8) is 0 Å². The monoisotopic (exact) mass is 254 g/mol. The van der Waals surface area contributed by atoms with E-state index in [2.05, 4.69) is 20.9 Å². The molecule has 2 heterocycles. The highest BCUT2D eigenvalue weighted by atomic mass is 79.9. The summed E-state index contributed by atoms with van der Waals surface area (Å²) >= 11 is 3.38. The van der Waals surface area contributed by atoms with Crippen LogP contribution in [0.3, 0.4) is 0 Å². The van der Waals surface area contributed by atoms with E-state index in [0.717, 1.165) is 15.5 Å². The first-order valence-corrected chi connectivity index (χ1v) is 5.24. The van der Waals surface area contributed by atoms with Crippen molar-refractivity contribution < 1.29 is 5.11 Å². The van der Waals surface area contributed by atoms with Crippen molar-refractivity contribution in [3.8, 4) is 0 Å². The first-order chi connectivity index (χ1) is 6.66. The molecule has 2 aromatic heterocycles. The second-order valence-electron chi connectivity index (χ2n) is 3.38. The standard InChI is InChI=1S/C10H11BrN2O/c1-7(14)6-13-3-2-9-10(13)4-8(11)5-12-9/h2-5,7,14H,6H2,1H3. The SMILES string of the molecule is CC(O)Cn1ccc2ncc(Br)cc21. The number of nitrogens with zero attached hydrogens (tertiary/aromatic N) is 2. The Bertz CT molecular complexity index is 450. The molecule has 0 spiro atoms. The lowest BCUT2D eigenvalue weighted by Gasteiger charge is -2.07. The molecule has 0 aliphatic heterocycles. The normalized spacial score (nSPS) is 13.4. The van der Waals surface area contributed by atoms with Gasteiger partial charge in [0.2, 0.25) is 0 Å². The molecule has 0 aliphatic carbocycles. The number of pyridine rings is 1. The lowest BCUT2D eigenvalue weighted by Crippen LogP contribution is -2.10. The minimum absolute atomic E-state index is 0.343. The maximum absolute atomic E-state index is 9.30. The molecule has 0 saturated heterocycles. The predicted octanol–water partition coefficient (Wildman–Crippen LogP) is 2.18. The molecule has 1 N–H and O–H groups in total. The van der Waals surface area contributed by atoms with Crippen LogP contribution in [0.5, 0.6) is 0 Å². The molecule has 1 atom stereocenters. The third kappa shape index (κ3) is 1.81. The summed E-state index contributed by atoms with van der Waals surface area (Å²) in [4.78, 5) is 4.26. The number of aromatic nitrogens is 2. The van der Waals surface area contributed by atoms with E-state index in [4.69, 9.17) is 0 Å². The quantitative estimate of drug-likeness (QED) is 0.893. The highest BCUT2D eigenvalue weighted by Crippen LogP contribution is 2.18. The number of rotatable bonds is 2. The van der Waals surface area contributed by atoms with Crippen molar-refractivity contribution >= 4 is 27.0 Å². The molecule has 0 amide bonds. The summed E-state index contributed by atoms with van der Waals surface area (Å²) in [6.45, 7) is 2.37. The number of halogens is 1. The smallest absolute Gasteiger partial charge is 0.0881 e. The van der Waals surface area contributed by atoms with Gasteiger partial charge in [0.15, 0.2) is 0 Å². The summed E-state index contributed by atoms with van der Waals surface area (Å²) in [7, 11) is 0. The highest BCUT2D eigenvalue weighted by molar-refractivity contribution is 9.10. The van der Waals surface area contributed by atoms with Gasteiger partial charge in [0.25, 0.3) is 0 Å². The zero-order chi connectivity index (χ0) is 10.1. The van der Waals surface area contributed by atoms with E-state index in [9.17, 15) is 5.11 Å². The first-order valence-electron chi connectivity index (χ1n) is 4.45. The second-order valence-corrected chi connectivity index (χ2v) is 4.29. The van der Waals surface area contributed by atoms with Crippen LogP contribution in [0.1, 0.15) is 6.92 Å². The van der Waals surface area contributed by atoms with Crippen molar-refractivity contribution in [1.82, 2.24) is 9.55 Å². The number of fused-ring (bicyclic) bond motifs is 1. The van der Waals surface area contributed by atoms with Gasteiger partial charge in [-0.3, -0.25) is 4.98 Å². The number of hydrogen-bond acceptors (Lipinski definition) is 2. The molecule has 14 heavy (non-hydrogen) atoms. The van der Waals surface area contributed by atoms with E-state index >= 15 is 0 Å². The summed E-state index contributed by atoms with van der Waals surface area (Å²) in [5.74, 6) is 0. The Morgan fingerprint density at radius 1 is 1.64 bits per heavy atom. The Morgan fingerprint density at radius 2 is 2.43 bits per heavy atom. The Kier molecular flexibility index (Phi) is 2.56. The second kappa shape index (κ2) is 3.71. The molecule has 0 fully saturated rings. The molecule has 0 saturated carbocycles. The topological polar surface area (TPSA) is 38.0 Å². The van der Waals surface area contributed by atoms with Crippen LogP contribution in [0.4, 0.5) is 0 Å². The van der Waals surface area contributed by atoms with Gasteiger partial charge in [-0.05, 0) is 35.0 Å². The average Bonchev–Trinajstić information content (AvgIpc) is 2.47. The number of aliphatic hydroxyl groups is 1. The van der Waals surface area contributed by atoms with E-state index in [1.165, 1.54) is 0 Å². The van der Waals surface area contributed by atoms with Crippen LogP contribution in [0.15, 0.2) is 29.0 Å². The van der Waals surface area contributed by atoms with Crippen molar-refractivity contribution in [1.29, 1.82) is 0 Å². The largest absolute Gasteiger partial charge is 0.392 e. The minimum Gasteiger partial charge on any atom is -0.392 e. The minimum atomic E-state index is -0.343. The van der Waals surface area contributed by atoms with Gasteiger partial charge in [0, 0.05) is 23.4 Å². The number of hydrogen-bond donors (Lipinski definition) is 1. The van der Waals surface area contributed by atoms with E-state index in [0.29, 0.717) is 6.54 Å². The predicted molar refractivity (Wildman–Crippen MR) is 59.1 cm³/mol. The van der Waals surface area contributed by atoms with Crippen LogP contribution < -0.4 is 0 Å². The maximum atomic E-state index is 9.30. The zero-order valence-corrected chi connectivity index (χ0v) is 9.40. The maximum Gasteiger partial charge on any atom is 0.0881 e. The molecular weight excluding hydrogens is 244 g/mol. The molecule has 0 radical (unpaired) electrons. The zero-order valence-electron chi connectivity index (χ0n) is 7.81. The molecule has 0 aliphatic rings. The highest BCUT2D eigenvalue weighted by Gasteiger charge is 2.04. The van der Waals surface area contributed by atoms with Crippen LogP contribution in [0.25, 0.3) is 11.0 Å². The summed E-state index contributed by atoms with van der Waals surface area (Å²) in [5, 5.41) is 9.30. The van der Waals surface area contributed by atoms with Crippen LogP contribution >= 0.6 is 15.9 Å². The van der Waals surface area contributed by atoms with Crippen molar-refractivity contribution in [2.45, 2.75) is 19.6 Å². The lowest BCUT2D eigenvalue weighted by atomic mass is 10.3. The van der Waals surface area contributed by atoms with E-state index in [-0.39, 0.29) is 6.10 Å². The lowest BCUT2D eigenvalue weighted by molar-refractivity contribution is 0.175. The Balaban J connectivity index is 2.50. The molecule has 0 bridgehead atoms. The Labute approximate surface area is 90.5 Å². The van der Waals surface area contributed by atoms with E-state index in [1.807, 2.05) is 22.9 Å².